The number of thiazole rings is 1. The molecule has 4 nitrogen and oxygen atoms in total. The number of ketones is 1. The fourth-order valence-electron chi connectivity index (χ4n) is 4.20. The van der Waals surface area contributed by atoms with E-state index in [1.165, 1.54) is 12.5 Å². The lowest BCUT2D eigenvalue weighted by molar-refractivity contribution is -0.115. The molecule has 4 rings (SSSR count). The number of aromatic nitrogens is 1. The van der Waals surface area contributed by atoms with Gasteiger partial charge >= 0.3 is 6.18 Å². The molecule has 0 unspecified atom stereocenters. The number of furan rings is 1. The minimum absolute atomic E-state index is 0.0673. The Morgan fingerprint density at radius 2 is 2.14 bits per heavy atom. The first-order valence-corrected chi connectivity index (χ1v) is 12.6. The maximum Gasteiger partial charge on any atom is 0.418 e. The predicted molar refractivity (Wildman–Crippen MR) is 133 cm³/mol. The zero-order chi connectivity index (χ0) is 25.2. The zero-order valence-corrected chi connectivity index (χ0v) is 20.9. The standard InChI is InChI=1S/C26H24ClF3N2O2S/c1-3-5-16(21-14-35-15(2)31-21)6-4-7-22(33)25-23(27)19-9-8-17(18-10-11-34-13-18)12-20(24(19)32-25)26(28,29)30/h6,8,10-14,19H,3-5,7,9H2,1-2H3/b16-6+/t19-/m1/s1. The smallest absolute Gasteiger partial charge is 0.418 e. The summed E-state index contributed by atoms with van der Waals surface area (Å²) in [6.45, 7) is 4.01. The largest absolute Gasteiger partial charge is 0.472 e. The average molecular weight is 521 g/mol. The van der Waals surface area contributed by atoms with Crippen LogP contribution in [-0.2, 0) is 4.79 Å². The molecule has 1 aliphatic heterocycles. The fourth-order valence-corrected chi connectivity index (χ4v) is 5.17. The SMILES string of the molecule is CCC/C(=C\CCC(=O)C1=C(Cl)[C@H]2CC=C(c3ccoc3)C=C(C(F)(F)F)C2=N1)c1csc(C)n1. The molecule has 35 heavy (non-hydrogen) atoms. The van der Waals surface area contributed by atoms with E-state index in [2.05, 4.69) is 16.9 Å². The van der Waals surface area contributed by atoms with E-state index in [0.717, 1.165) is 35.2 Å². The molecule has 2 aromatic heterocycles. The third-order valence-electron chi connectivity index (χ3n) is 5.90. The van der Waals surface area contributed by atoms with Crippen molar-refractivity contribution < 1.29 is 22.4 Å². The summed E-state index contributed by atoms with van der Waals surface area (Å²) < 4.78 is 47.0. The van der Waals surface area contributed by atoms with Crippen molar-refractivity contribution >= 4 is 45.6 Å². The van der Waals surface area contributed by atoms with Crippen LogP contribution in [0.3, 0.4) is 0 Å². The van der Waals surface area contributed by atoms with Crippen LogP contribution in [0.25, 0.3) is 11.1 Å². The third-order valence-corrected chi connectivity index (χ3v) is 7.11. The molecule has 0 N–H and O–H groups in total. The van der Waals surface area contributed by atoms with Gasteiger partial charge < -0.3 is 4.42 Å². The van der Waals surface area contributed by atoms with Gasteiger partial charge in [-0.2, -0.15) is 13.2 Å². The van der Waals surface area contributed by atoms with Gasteiger partial charge in [0, 0.05) is 23.3 Å². The van der Waals surface area contributed by atoms with Crippen LogP contribution in [0.5, 0.6) is 0 Å². The summed E-state index contributed by atoms with van der Waals surface area (Å²) in [6, 6.07) is 1.60. The van der Waals surface area contributed by atoms with Gasteiger partial charge in [0.15, 0.2) is 5.78 Å². The van der Waals surface area contributed by atoms with Gasteiger partial charge in [-0.1, -0.05) is 37.1 Å². The van der Waals surface area contributed by atoms with Gasteiger partial charge in [0.2, 0.25) is 0 Å². The fraction of sp³-hybridized carbons (Fsp3) is 0.346. The van der Waals surface area contributed by atoms with Gasteiger partial charge in [-0.15, -0.1) is 11.3 Å². The molecule has 2 aromatic rings. The highest BCUT2D eigenvalue weighted by Crippen LogP contribution is 2.43. The molecule has 0 saturated heterocycles. The monoisotopic (exact) mass is 520 g/mol. The third kappa shape index (κ3) is 5.59. The molecule has 0 radical (unpaired) electrons. The van der Waals surface area contributed by atoms with E-state index in [0.29, 0.717) is 17.6 Å². The Kier molecular flexibility index (Phi) is 7.62. The van der Waals surface area contributed by atoms with E-state index in [-0.39, 0.29) is 35.1 Å². The molecule has 0 bridgehead atoms. The van der Waals surface area contributed by atoms with Crippen LogP contribution in [-0.4, -0.2) is 22.7 Å². The molecule has 2 aliphatic rings. The van der Waals surface area contributed by atoms with Crippen molar-refractivity contribution in [2.75, 3.05) is 0 Å². The maximum atomic E-state index is 14.0. The molecule has 3 heterocycles. The van der Waals surface area contributed by atoms with Crippen LogP contribution in [0.1, 0.15) is 55.3 Å². The summed E-state index contributed by atoms with van der Waals surface area (Å²) in [5.41, 5.74) is 1.71. The quantitative estimate of drug-likeness (QED) is 0.353. The molecule has 0 aromatic carbocycles. The van der Waals surface area contributed by atoms with Crippen molar-refractivity contribution in [2.45, 2.75) is 52.1 Å². The van der Waals surface area contributed by atoms with Crippen molar-refractivity contribution in [3.8, 4) is 0 Å². The topological polar surface area (TPSA) is 55.5 Å². The molecule has 184 valence electrons. The van der Waals surface area contributed by atoms with Gasteiger partial charge in [0.1, 0.15) is 5.70 Å². The highest BCUT2D eigenvalue weighted by molar-refractivity contribution is 7.09. The molecule has 0 fully saturated rings. The van der Waals surface area contributed by atoms with Crippen LogP contribution >= 0.6 is 22.9 Å². The Hall–Kier alpha value is -2.71. The number of nitrogens with zero attached hydrogens (tertiary/aromatic N) is 2. The maximum absolute atomic E-state index is 14.0. The average Bonchev–Trinajstić information content (AvgIpc) is 3.52. The second-order valence-corrected chi connectivity index (χ2v) is 9.87. The number of aliphatic imine (C=N–C) groups is 1. The summed E-state index contributed by atoms with van der Waals surface area (Å²) in [6.07, 6.45) is 5.35. The van der Waals surface area contributed by atoms with Gasteiger partial charge in [-0.25, -0.2) is 9.98 Å². The Balaban J connectivity index is 1.56. The lowest BCUT2D eigenvalue weighted by Crippen LogP contribution is -2.24. The number of allylic oxidation sites excluding steroid dienone is 8. The van der Waals surface area contributed by atoms with E-state index in [9.17, 15) is 18.0 Å². The van der Waals surface area contributed by atoms with Crippen molar-refractivity contribution in [1.82, 2.24) is 4.98 Å². The molecule has 0 spiro atoms. The Labute approximate surface area is 210 Å². The van der Waals surface area contributed by atoms with Crippen molar-refractivity contribution in [2.24, 2.45) is 10.9 Å². The highest BCUT2D eigenvalue weighted by Gasteiger charge is 2.44. The molecule has 9 heteroatoms. The Morgan fingerprint density at radius 1 is 1.34 bits per heavy atom. The molecule has 0 saturated carbocycles. The number of carbonyl (C=O) groups excluding carboxylic acids is 1. The molecule has 1 atom stereocenters. The first-order valence-electron chi connectivity index (χ1n) is 11.3. The lowest BCUT2D eigenvalue weighted by atomic mass is 9.95. The van der Waals surface area contributed by atoms with Crippen LogP contribution in [0.15, 0.2) is 67.9 Å². The van der Waals surface area contributed by atoms with Gasteiger partial charge in [0.05, 0.1) is 39.5 Å². The summed E-state index contributed by atoms with van der Waals surface area (Å²) in [5, 5.41) is 3.02. The molecular formula is C26H24ClF3N2O2S. The first kappa shape index (κ1) is 25.4. The van der Waals surface area contributed by atoms with Gasteiger partial charge in [-0.3, -0.25) is 4.79 Å². The van der Waals surface area contributed by atoms with Crippen molar-refractivity contribution in [3.63, 3.8) is 0 Å². The number of alkyl halides is 3. The van der Waals surface area contributed by atoms with Crippen LogP contribution < -0.4 is 0 Å². The lowest BCUT2D eigenvalue weighted by Gasteiger charge is -2.15. The highest BCUT2D eigenvalue weighted by atomic mass is 35.5. The van der Waals surface area contributed by atoms with Gasteiger partial charge in [-0.05, 0) is 49.5 Å². The molecule has 1 aliphatic carbocycles. The van der Waals surface area contributed by atoms with E-state index in [1.54, 1.807) is 23.5 Å². The number of aryl methyl sites for hydroxylation is 1. The second kappa shape index (κ2) is 10.5. The van der Waals surface area contributed by atoms with E-state index >= 15 is 0 Å². The van der Waals surface area contributed by atoms with E-state index in [1.807, 2.05) is 18.4 Å². The van der Waals surface area contributed by atoms with E-state index < -0.39 is 17.7 Å². The summed E-state index contributed by atoms with van der Waals surface area (Å²) in [7, 11) is 0. The predicted octanol–water partition coefficient (Wildman–Crippen LogP) is 8.07. The van der Waals surface area contributed by atoms with E-state index in [4.69, 9.17) is 16.0 Å². The zero-order valence-electron chi connectivity index (χ0n) is 19.3. The number of rotatable bonds is 8. The minimum Gasteiger partial charge on any atom is -0.472 e. The summed E-state index contributed by atoms with van der Waals surface area (Å²) in [5.74, 6) is -1.17. The second-order valence-electron chi connectivity index (χ2n) is 8.40. The number of halogens is 4. The molecule has 0 amide bonds. The number of hydrogen-bond acceptors (Lipinski definition) is 5. The first-order chi connectivity index (χ1) is 16.7. The van der Waals surface area contributed by atoms with Crippen molar-refractivity contribution in [3.05, 3.63) is 74.8 Å². The molecular weight excluding hydrogens is 497 g/mol. The van der Waals surface area contributed by atoms with Crippen molar-refractivity contribution in [1.29, 1.82) is 0 Å². The Morgan fingerprint density at radius 3 is 2.77 bits per heavy atom. The van der Waals surface area contributed by atoms with Gasteiger partial charge in [0.25, 0.3) is 0 Å². The van der Waals surface area contributed by atoms with Crippen LogP contribution in [0.2, 0.25) is 0 Å². The van der Waals surface area contributed by atoms with Crippen LogP contribution in [0, 0.1) is 12.8 Å². The normalized spacial score (nSPS) is 18.7. The number of fused-ring (bicyclic) bond motifs is 1. The van der Waals surface area contributed by atoms with Crippen LogP contribution in [0.4, 0.5) is 13.2 Å². The Bertz CT molecular complexity index is 1260. The number of hydrogen-bond donors (Lipinski definition) is 0. The minimum atomic E-state index is -4.65. The number of carbonyl (C=O) groups is 1. The number of Topliss-reactive ketones (excluding diaryl/α,β-unsaturated/α-hetero) is 1. The summed E-state index contributed by atoms with van der Waals surface area (Å²) in [4.78, 5) is 21.6. The summed E-state index contributed by atoms with van der Waals surface area (Å²) >= 11 is 8.04.